The Bertz CT molecular complexity index is 631. The Balaban J connectivity index is 2.35. The van der Waals surface area contributed by atoms with Crippen LogP contribution in [0.15, 0.2) is 30.3 Å². The predicted octanol–water partition coefficient (Wildman–Crippen LogP) is 3.08. The molecule has 2 aromatic rings. The lowest BCUT2D eigenvalue weighted by atomic mass is 9.94. The van der Waals surface area contributed by atoms with Gasteiger partial charge in [0.15, 0.2) is 0 Å². The highest BCUT2D eigenvalue weighted by atomic mass is 16.3. The van der Waals surface area contributed by atoms with Gasteiger partial charge in [-0.15, -0.1) is 0 Å². The summed E-state index contributed by atoms with van der Waals surface area (Å²) in [6.07, 6.45) is 0. The Morgan fingerprint density at radius 3 is 2.61 bits per heavy atom. The highest BCUT2D eigenvalue weighted by Gasteiger charge is 2.29. The van der Waals surface area contributed by atoms with Crippen molar-refractivity contribution >= 4 is 0 Å². The third-order valence-electron chi connectivity index (χ3n) is 4.06. The van der Waals surface area contributed by atoms with E-state index in [0.717, 1.165) is 5.56 Å². The standard InChI is InChI=1S/C16H17NO/c1-9-3-5-13-15(8-17)14-7-11(18)4-6-12(14)16(13)10(9)2/h3-7,15,18H,8,17H2,1-2H3. The molecule has 0 saturated carbocycles. The first-order valence-corrected chi connectivity index (χ1v) is 6.27. The topological polar surface area (TPSA) is 46.2 Å². The summed E-state index contributed by atoms with van der Waals surface area (Å²) in [5.74, 6) is 0.524. The molecule has 3 N–H and O–H groups in total. The number of nitrogens with two attached hydrogens (primary N) is 1. The van der Waals surface area contributed by atoms with Crippen molar-refractivity contribution in [1.29, 1.82) is 0 Å². The van der Waals surface area contributed by atoms with E-state index in [1.165, 1.54) is 27.8 Å². The van der Waals surface area contributed by atoms with Crippen LogP contribution in [0.5, 0.6) is 5.75 Å². The molecule has 3 rings (SSSR count). The largest absolute Gasteiger partial charge is 0.508 e. The van der Waals surface area contributed by atoms with E-state index in [4.69, 9.17) is 5.73 Å². The molecular weight excluding hydrogens is 222 g/mol. The summed E-state index contributed by atoms with van der Waals surface area (Å²) >= 11 is 0. The number of rotatable bonds is 1. The molecule has 0 bridgehead atoms. The van der Waals surface area contributed by atoms with E-state index in [9.17, 15) is 5.11 Å². The molecule has 1 unspecified atom stereocenters. The highest BCUT2D eigenvalue weighted by Crippen LogP contribution is 2.47. The zero-order valence-electron chi connectivity index (χ0n) is 10.7. The average molecular weight is 239 g/mol. The van der Waals surface area contributed by atoms with Crippen LogP contribution in [0.3, 0.4) is 0 Å². The summed E-state index contributed by atoms with van der Waals surface area (Å²) in [5.41, 5.74) is 13.5. The van der Waals surface area contributed by atoms with Crippen LogP contribution in [0, 0.1) is 13.8 Å². The average Bonchev–Trinajstić information content (AvgIpc) is 2.67. The number of aromatic hydroxyl groups is 1. The van der Waals surface area contributed by atoms with Gasteiger partial charge in [-0.2, -0.15) is 0 Å². The Morgan fingerprint density at radius 1 is 1.11 bits per heavy atom. The number of hydrogen-bond acceptors (Lipinski definition) is 2. The predicted molar refractivity (Wildman–Crippen MR) is 73.9 cm³/mol. The van der Waals surface area contributed by atoms with Crippen molar-refractivity contribution in [3.05, 3.63) is 52.6 Å². The fourth-order valence-corrected chi connectivity index (χ4v) is 2.97. The first-order chi connectivity index (χ1) is 8.63. The van der Waals surface area contributed by atoms with E-state index in [2.05, 4.69) is 26.0 Å². The van der Waals surface area contributed by atoms with Gasteiger partial charge in [0, 0.05) is 12.5 Å². The van der Waals surface area contributed by atoms with Gasteiger partial charge in [0.05, 0.1) is 0 Å². The van der Waals surface area contributed by atoms with Gasteiger partial charge in [0.1, 0.15) is 5.75 Å². The van der Waals surface area contributed by atoms with Crippen molar-refractivity contribution in [2.24, 2.45) is 5.73 Å². The molecule has 0 spiro atoms. The molecule has 0 saturated heterocycles. The molecule has 1 atom stereocenters. The molecule has 0 aliphatic heterocycles. The molecule has 1 aliphatic rings. The molecule has 1 aliphatic carbocycles. The minimum absolute atomic E-state index is 0.210. The molecule has 0 amide bonds. The summed E-state index contributed by atoms with van der Waals surface area (Å²) in [7, 11) is 0. The number of phenolic OH excluding ortho intramolecular Hbond substituents is 1. The van der Waals surface area contributed by atoms with E-state index in [0.29, 0.717) is 12.3 Å². The van der Waals surface area contributed by atoms with Gasteiger partial charge in [-0.3, -0.25) is 0 Å². The first-order valence-electron chi connectivity index (χ1n) is 6.27. The zero-order chi connectivity index (χ0) is 12.9. The number of aryl methyl sites for hydroxylation is 1. The van der Waals surface area contributed by atoms with Crippen LogP contribution in [0.25, 0.3) is 11.1 Å². The molecule has 0 fully saturated rings. The Hall–Kier alpha value is -1.80. The molecule has 92 valence electrons. The minimum atomic E-state index is 0.210. The molecule has 18 heavy (non-hydrogen) atoms. The first kappa shape index (κ1) is 11.3. The SMILES string of the molecule is Cc1ccc2c(c1C)-c1ccc(O)cc1C2CN. The normalized spacial score (nSPS) is 16.5. The summed E-state index contributed by atoms with van der Waals surface area (Å²) in [6.45, 7) is 4.86. The molecule has 0 heterocycles. The van der Waals surface area contributed by atoms with Crippen LogP contribution in [0.2, 0.25) is 0 Å². The van der Waals surface area contributed by atoms with Crippen LogP contribution in [-0.2, 0) is 0 Å². The summed E-state index contributed by atoms with van der Waals surface area (Å²) in [6, 6.07) is 9.94. The molecular formula is C16H17NO. The lowest BCUT2D eigenvalue weighted by Crippen LogP contribution is -2.11. The number of benzene rings is 2. The third kappa shape index (κ3) is 1.39. The van der Waals surface area contributed by atoms with Gasteiger partial charge < -0.3 is 10.8 Å². The maximum Gasteiger partial charge on any atom is 0.115 e. The van der Waals surface area contributed by atoms with Gasteiger partial charge in [-0.05, 0) is 59.4 Å². The second-order valence-electron chi connectivity index (χ2n) is 5.03. The van der Waals surface area contributed by atoms with E-state index < -0.39 is 0 Å². The summed E-state index contributed by atoms with van der Waals surface area (Å²) in [4.78, 5) is 0. The fraction of sp³-hybridized carbons (Fsp3) is 0.250. The van der Waals surface area contributed by atoms with E-state index >= 15 is 0 Å². The maximum atomic E-state index is 9.67. The van der Waals surface area contributed by atoms with E-state index in [1.807, 2.05) is 12.1 Å². The number of phenols is 1. The van der Waals surface area contributed by atoms with Crippen LogP contribution in [0.4, 0.5) is 0 Å². The molecule has 2 heteroatoms. The quantitative estimate of drug-likeness (QED) is 0.803. The summed E-state index contributed by atoms with van der Waals surface area (Å²) < 4.78 is 0. The van der Waals surface area contributed by atoms with Crippen LogP contribution >= 0.6 is 0 Å². The van der Waals surface area contributed by atoms with Crippen LogP contribution in [0.1, 0.15) is 28.2 Å². The van der Waals surface area contributed by atoms with Crippen LogP contribution in [-0.4, -0.2) is 11.7 Å². The second kappa shape index (κ2) is 3.85. The van der Waals surface area contributed by atoms with Gasteiger partial charge in [0.25, 0.3) is 0 Å². The van der Waals surface area contributed by atoms with Gasteiger partial charge in [0.2, 0.25) is 0 Å². The maximum absolute atomic E-state index is 9.67. The smallest absolute Gasteiger partial charge is 0.115 e. The second-order valence-corrected chi connectivity index (χ2v) is 5.03. The third-order valence-corrected chi connectivity index (χ3v) is 4.06. The lowest BCUT2D eigenvalue weighted by molar-refractivity contribution is 0.474. The van der Waals surface area contributed by atoms with Gasteiger partial charge >= 0.3 is 0 Å². The van der Waals surface area contributed by atoms with Crippen molar-refractivity contribution in [2.45, 2.75) is 19.8 Å². The van der Waals surface area contributed by atoms with E-state index in [1.54, 1.807) is 6.07 Å². The van der Waals surface area contributed by atoms with Gasteiger partial charge in [-0.25, -0.2) is 0 Å². The minimum Gasteiger partial charge on any atom is -0.508 e. The van der Waals surface area contributed by atoms with Crippen molar-refractivity contribution in [2.75, 3.05) is 6.54 Å². The number of hydrogen-bond donors (Lipinski definition) is 2. The molecule has 0 aromatic heterocycles. The molecule has 2 aromatic carbocycles. The van der Waals surface area contributed by atoms with Crippen molar-refractivity contribution in [3.63, 3.8) is 0 Å². The highest BCUT2D eigenvalue weighted by molar-refractivity contribution is 5.82. The van der Waals surface area contributed by atoms with Crippen molar-refractivity contribution < 1.29 is 5.11 Å². The lowest BCUT2D eigenvalue weighted by Gasteiger charge is -2.11. The Kier molecular flexibility index (Phi) is 2.42. The van der Waals surface area contributed by atoms with Crippen LogP contribution < -0.4 is 5.73 Å². The van der Waals surface area contributed by atoms with Crippen molar-refractivity contribution in [3.8, 4) is 16.9 Å². The zero-order valence-corrected chi connectivity index (χ0v) is 10.7. The Morgan fingerprint density at radius 2 is 1.89 bits per heavy atom. The van der Waals surface area contributed by atoms with E-state index in [-0.39, 0.29) is 5.92 Å². The van der Waals surface area contributed by atoms with Gasteiger partial charge in [-0.1, -0.05) is 18.2 Å². The number of fused-ring (bicyclic) bond motifs is 3. The fourth-order valence-electron chi connectivity index (χ4n) is 2.97. The molecule has 0 radical (unpaired) electrons. The van der Waals surface area contributed by atoms with Crippen molar-refractivity contribution in [1.82, 2.24) is 0 Å². The molecule has 2 nitrogen and oxygen atoms in total. The summed E-state index contributed by atoms with van der Waals surface area (Å²) in [5, 5.41) is 9.67. The Labute approximate surface area is 107 Å². The monoisotopic (exact) mass is 239 g/mol.